The minimum atomic E-state index is -0.652. The van der Waals surface area contributed by atoms with Crippen LogP contribution < -0.4 is 5.32 Å². The van der Waals surface area contributed by atoms with E-state index in [1.54, 1.807) is 12.1 Å². The quantitative estimate of drug-likeness (QED) is 0.793. The molecule has 0 radical (unpaired) electrons. The van der Waals surface area contributed by atoms with Gasteiger partial charge in [0.05, 0.1) is 5.41 Å². The molecule has 0 fully saturated rings. The number of hydrogen-bond donors (Lipinski definition) is 1. The molecule has 1 aliphatic heterocycles. The van der Waals surface area contributed by atoms with Crippen LogP contribution in [0.4, 0.5) is 10.1 Å². The monoisotopic (exact) mass is 267 g/mol. The summed E-state index contributed by atoms with van der Waals surface area (Å²) in [5.41, 5.74) is 2.43. The highest BCUT2D eigenvalue weighted by atomic mass is 19.1. The van der Waals surface area contributed by atoms with Crippen LogP contribution in [-0.2, 0) is 11.8 Å². The maximum Gasteiger partial charge on any atom is 0.176 e. The number of rotatable bonds is 0. The van der Waals surface area contributed by atoms with Gasteiger partial charge in [-0.1, -0.05) is 30.3 Å². The summed E-state index contributed by atoms with van der Waals surface area (Å²) < 4.78 is 14.0. The molecule has 0 bridgehead atoms. The number of carbonyl (C=O) groups is 1. The number of ketones is 1. The molecule has 2 nitrogen and oxygen atoms in total. The maximum absolute atomic E-state index is 14.0. The van der Waals surface area contributed by atoms with Crippen molar-refractivity contribution >= 4 is 11.5 Å². The molecular weight excluding hydrogens is 253 g/mol. The van der Waals surface area contributed by atoms with Gasteiger partial charge in [-0.05, 0) is 31.0 Å². The molecule has 2 atom stereocenters. The van der Waals surface area contributed by atoms with E-state index in [1.807, 2.05) is 31.2 Å². The van der Waals surface area contributed by atoms with Crippen molar-refractivity contribution in [1.82, 2.24) is 0 Å². The summed E-state index contributed by atoms with van der Waals surface area (Å²) in [7, 11) is 0. The van der Waals surface area contributed by atoms with Crippen molar-refractivity contribution in [3.8, 4) is 0 Å². The molecule has 2 aromatic carbocycles. The number of anilines is 1. The number of fused-ring (bicyclic) bond motifs is 3. The van der Waals surface area contributed by atoms with Crippen LogP contribution in [0.5, 0.6) is 0 Å². The smallest absolute Gasteiger partial charge is 0.176 e. The lowest BCUT2D eigenvalue weighted by Gasteiger charge is -2.27. The zero-order chi connectivity index (χ0) is 13.9. The van der Waals surface area contributed by atoms with Crippen LogP contribution in [0.1, 0.15) is 28.4 Å². The van der Waals surface area contributed by atoms with Gasteiger partial charge in [0.25, 0.3) is 0 Å². The summed E-state index contributed by atoms with van der Waals surface area (Å²) in [5.74, 6) is -0.235. The highest BCUT2D eigenvalue weighted by molar-refractivity contribution is 6.11. The van der Waals surface area contributed by atoms with Crippen LogP contribution in [0.15, 0.2) is 42.5 Å². The summed E-state index contributed by atoms with van der Waals surface area (Å²) in [4.78, 5) is 12.9. The molecule has 100 valence electrons. The van der Waals surface area contributed by atoms with E-state index in [0.717, 1.165) is 11.3 Å². The molecule has 4 rings (SSSR count). The Kier molecular flexibility index (Phi) is 2.15. The minimum Gasteiger partial charge on any atom is -0.381 e. The molecule has 0 aromatic heterocycles. The van der Waals surface area contributed by atoms with Gasteiger partial charge in [-0.25, -0.2) is 4.39 Å². The maximum atomic E-state index is 14.0. The second-order valence-electron chi connectivity index (χ2n) is 5.65. The number of nitrogens with one attached hydrogen (secondary N) is 1. The highest BCUT2D eigenvalue weighted by Crippen LogP contribution is 2.49. The van der Waals surface area contributed by atoms with Crippen molar-refractivity contribution in [2.75, 3.05) is 5.32 Å². The van der Waals surface area contributed by atoms with Crippen molar-refractivity contribution < 1.29 is 9.18 Å². The third-order valence-electron chi connectivity index (χ3n) is 4.74. The van der Waals surface area contributed by atoms with Gasteiger partial charge in [-0.2, -0.15) is 0 Å². The first-order chi connectivity index (χ1) is 9.64. The number of para-hydroxylation sites is 1. The van der Waals surface area contributed by atoms with Crippen molar-refractivity contribution in [2.45, 2.75) is 24.8 Å². The second kappa shape index (κ2) is 3.69. The van der Waals surface area contributed by atoms with Gasteiger partial charge in [0, 0.05) is 22.9 Å². The largest absolute Gasteiger partial charge is 0.381 e. The van der Waals surface area contributed by atoms with Gasteiger partial charge in [0.15, 0.2) is 5.78 Å². The Hall–Kier alpha value is -2.16. The average Bonchev–Trinajstić information content (AvgIpc) is 2.90. The summed E-state index contributed by atoms with van der Waals surface area (Å²) in [6.45, 7) is 2.00. The Balaban J connectivity index is 1.97. The Bertz CT molecular complexity index is 740. The van der Waals surface area contributed by atoms with Crippen molar-refractivity contribution in [3.63, 3.8) is 0 Å². The van der Waals surface area contributed by atoms with E-state index in [4.69, 9.17) is 0 Å². The van der Waals surface area contributed by atoms with Crippen LogP contribution in [0.25, 0.3) is 0 Å². The first-order valence-electron chi connectivity index (χ1n) is 6.83. The highest BCUT2D eigenvalue weighted by Gasteiger charge is 2.55. The van der Waals surface area contributed by atoms with Crippen molar-refractivity contribution in [2.24, 2.45) is 0 Å². The zero-order valence-electron chi connectivity index (χ0n) is 11.1. The lowest BCUT2D eigenvalue weighted by Crippen LogP contribution is -2.42. The Morgan fingerprint density at radius 3 is 2.80 bits per heavy atom. The van der Waals surface area contributed by atoms with E-state index >= 15 is 0 Å². The van der Waals surface area contributed by atoms with E-state index in [0.29, 0.717) is 17.5 Å². The van der Waals surface area contributed by atoms with Gasteiger partial charge in [0.2, 0.25) is 0 Å². The molecule has 1 spiro atoms. The number of benzene rings is 2. The summed E-state index contributed by atoms with van der Waals surface area (Å²) >= 11 is 0. The molecule has 0 saturated carbocycles. The topological polar surface area (TPSA) is 29.1 Å². The fourth-order valence-corrected chi connectivity index (χ4v) is 3.71. The predicted octanol–water partition coefficient (Wildman–Crippen LogP) is 3.32. The molecule has 1 heterocycles. The Morgan fingerprint density at radius 2 is 2.00 bits per heavy atom. The molecule has 2 aliphatic rings. The molecule has 1 N–H and O–H groups in total. The third kappa shape index (κ3) is 1.20. The summed E-state index contributed by atoms with van der Waals surface area (Å²) in [5, 5.41) is 3.37. The van der Waals surface area contributed by atoms with E-state index in [9.17, 15) is 9.18 Å². The summed E-state index contributed by atoms with van der Waals surface area (Å²) in [6.07, 6.45) is 0.443. The van der Waals surface area contributed by atoms with Crippen molar-refractivity contribution in [3.05, 3.63) is 65.0 Å². The van der Waals surface area contributed by atoms with E-state index in [2.05, 4.69) is 5.32 Å². The van der Waals surface area contributed by atoms with E-state index in [1.165, 1.54) is 6.07 Å². The predicted molar refractivity (Wildman–Crippen MR) is 75.6 cm³/mol. The minimum absolute atomic E-state index is 0.0285. The fraction of sp³-hybridized carbons (Fsp3) is 0.235. The van der Waals surface area contributed by atoms with Crippen molar-refractivity contribution in [1.29, 1.82) is 0 Å². The number of hydrogen-bond acceptors (Lipinski definition) is 2. The lowest BCUT2D eigenvalue weighted by molar-refractivity contribution is 0.0896. The standard InChI is InChI=1S/C17H14FNO/c1-10-17(13-6-2-3-8-15(13)19-10)9-12-11(16(17)20)5-4-7-14(12)18/h2-8,10,19H,9H2,1H3/t10-,17+/m0/s1. The third-order valence-corrected chi connectivity index (χ3v) is 4.74. The van der Waals surface area contributed by atoms with Crippen LogP contribution in [0.2, 0.25) is 0 Å². The lowest BCUT2D eigenvalue weighted by atomic mass is 9.74. The molecule has 0 amide bonds. The molecule has 3 heteroatoms. The van der Waals surface area contributed by atoms with Gasteiger partial charge in [-0.3, -0.25) is 4.79 Å². The number of carbonyl (C=O) groups excluding carboxylic acids is 1. The van der Waals surface area contributed by atoms with E-state index < -0.39 is 5.41 Å². The van der Waals surface area contributed by atoms with Gasteiger partial charge >= 0.3 is 0 Å². The summed E-state index contributed by atoms with van der Waals surface area (Å²) in [6, 6.07) is 12.6. The van der Waals surface area contributed by atoms with Gasteiger partial charge in [0.1, 0.15) is 5.82 Å². The fourth-order valence-electron chi connectivity index (χ4n) is 3.71. The molecule has 2 aromatic rings. The molecule has 1 aliphatic carbocycles. The van der Waals surface area contributed by atoms with Crippen LogP contribution >= 0.6 is 0 Å². The average molecular weight is 267 g/mol. The first kappa shape index (κ1) is 11.6. The Morgan fingerprint density at radius 1 is 1.20 bits per heavy atom. The SMILES string of the molecule is C[C@@H]1Nc2ccccc2[C@@]12Cc1c(F)cccc1C2=O. The van der Waals surface area contributed by atoms with Crippen LogP contribution in [0.3, 0.4) is 0 Å². The van der Waals surface area contributed by atoms with Crippen LogP contribution in [0, 0.1) is 5.82 Å². The zero-order valence-corrected chi connectivity index (χ0v) is 11.1. The van der Waals surface area contributed by atoms with E-state index in [-0.39, 0.29) is 17.6 Å². The molecule has 20 heavy (non-hydrogen) atoms. The second-order valence-corrected chi connectivity index (χ2v) is 5.65. The normalized spacial score (nSPS) is 26.5. The molecule has 0 saturated heterocycles. The molecular formula is C17H14FNO. The van der Waals surface area contributed by atoms with Gasteiger partial charge < -0.3 is 5.32 Å². The number of halogens is 1. The number of Topliss-reactive ketones (excluding diaryl/α,β-unsaturated/α-hetero) is 1. The molecule has 0 unspecified atom stereocenters. The van der Waals surface area contributed by atoms with Crippen LogP contribution in [-0.4, -0.2) is 11.8 Å². The Labute approximate surface area is 116 Å². The first-order valence-corrected chi connectivity index (χ1v) is 6.83. The van der Waals surface area contributed by atoms with Gasteiger partial charge in [-0.15, -0.1) is 0 Å².